The number of piperidine rings is 1. The average Bonchev–Trinajstić information content (AvgIpc) is 2.66. The van der Waals surface area contributed by atoms with Gasteiger partial charge in [-0.25, -0.2) is 13.4 Å². The Bertz CT molecular complexity index is 839. The first-order valence-electron chi connectivity index (χ1n) is 9.04. The van der Waals surface area contributed by atoms with Crippen molar-refractivity contribution in [1.29, 1.82) is 0 Å². The molecule has 0 spiro atoms. The average molecular weight is 563 g/mol. The minimum Gasteiger partial charge on any atom is -0.366 e. The van der Waals surface area contributed by atoms with Crippen molar-refractivity contribution >= 4 is 45.9 Å². The van der Waals surface area contributed by atoms with Gasteiger partial charge in [0.2, 0.25) is 5.91 Å². The van der Waals surface area contributed by atoms with Crippen molar-refractivity contribution < 1.29 is 26.4 Å². The lowest BCUT2D eigenvalue weighted by Gasteiger charge is -2.32. The number of nitrogens with zero attached hydrogens (tertiary/aromatic N) is 2. The Morgan fingerprint density at radius 3 is 2.27 bits per heavy atom. The SMILES string of the molecule is CCNC(=NCc1ccc(C(N)=O)cc1)NC1CCN(S(=O)(=O)C(F)(F)F)CC1.I. The van der Waals surface area contributed by atoms with Crippen molar-refractivity contribution in [3.05, 3.63) is 35.4 Å². The molecule has 1 aliphatic rings. The Labute approximate surface area is 190 Å². The molecule has 0 atom stereocenters. The Balaban J connectivity index is 0.00000450. The van der Waals surface area contributed by atoms with Crippen molar-refractivity contribution in [2.45, 2.75) is 37.9 Å². The summed E-state index contributed by atoms with van der Waals surface area (Å²) in [5.74, 6) is -0.0439. The molecule has 0 saturated carbocycles. The van der Waals surface area contributed by atoms with Crippen LogP contribution in [0.5, 0.6) is 0 Å². The summed E-state index contributed by atoms with van der Waals surface area (Å²) < 4.78 is 61.4. The van der Waals surface area contributed by atoms with Gasteiger partial charge in [-0.2, -0.15) is 17.5 Å². The highest BCUT2D eigenvalue weighted by Crippen LogP contribution is 2.28. The fourth-order valence-corrected chi connectivity index (χ4v) is 3.83. The summed E-state index contributed by atoms with van der Waals surface area (Å²) in [5.41, 5.74) is 1.15. The van der Waals surface area contributed by atoms with Crippen LogP contribution in [0.2, 0.25) is 0 Å². The first-order chi connectivity index (χ1) is 13.5. The maximum absolute atomic E-state index is 12.7. The number of halogens is 4. The van der Waals surface area contributed by atoms with E-state index in [1.165, 1.54) is 0 Å². The Kier molecular flexibility index (Phi) is 9.81. The maximum atomic E-state index is 12.7. The highest BCUT2D eigenvalue weighted by atomic mass is 127. The second kappa shape index (κ2) is 11.1. The number of rotatable bonds is 6. The number of sulfonamides is 1. The van der Waals surface area contributed by atoms with Gasteiger partial charge in [-0.05, 0) is 37.5 Å². The molecule has 8 nitrogen and oxygen atoms in total. The predicted molar refractivity (Wildman–Crippen MR) is 118 cm³/mol. The summed E-state index contributed by atoms with van der Waals surface area (Å²) in [6, 6.07) is 6.46. The molecular weight excluding hydrogens is 538 g/mol. The Morgan fingerprint density at radius 1 is 1.23 bits per heavy atom. The van der Waals surface area contributed by atoms with Gasteiger partial charge in [-0.15, -0.1) is 24.0 Å². The molecule has 0 aliphatic carbocycles. The molecule has 0 unspecified atom stereocenters. The van der Waals surface area contributed by atoms with Gasteiger partial charge in [-0.3, -0.25) is 4.79 Å². The van der Waals surface area contributed by atoms with Crippen LogP contribution in [-0.4, -0.2) is 55.8 Å². The third-order valence-corrected chi connectivity index (χ3v) is 6.06. The minimum absolute atomic E-state index is 0. The van der Waals surface area contributed by atoms with E-state index in [9.17, 15) is 26.4 Å². The van der Waals surface area contributed by atoms with Gasteiger partial charge in [0.15, 0.2) is 5.96 Å². The van der Waals surface area contributed by atoms with Gasteiger partial charge in [0.05, 0.1) is 6.54 Å². The molecule has 0 aromatic heterocycles. The zero-order chi connectivity index (χ0) is 21.7. The number of benzene rings is 1. The lowest BCUT2D eigenvalue weighted by molar-refractivity contribution is -0.0494. The molecule has 1 fully saturated rings. The number of guanidine groups is 1. The van der Waals surface area contributed by atoms with Crippen molar-refractivity contribution in [2.75, 3.05) is 19.6 Å². The summed E-state index contributed by atoms with van der Waals surface area (Å²) in [5, 5.41) is 6.18. The quantitative estimate of drug-likeness (QED) is 0.277. The smallest absolute Gasteiger partial charge is 0.366 e. The number of nitrogens with two attached hydrogens (primary N) is 1. The van der Waals surface area contributed by atoms with Gasteiger partial charge in [0.25, 0.3) is 0 Å². The van der Waals surface area contributed by atoms with E-state index in [-0.39, 0.29) is 55.9 Å². The van der Waals surface area contributed by atoms with Crippen LogP contribution in [-0.2, 0) is 16.6 Å². The molecule has 4 N–H and O–H groups in total. The van der Waals surface area contributed by atoms with Gasteiger partial charge < -0.3 is 16.4 Å². The van der Waals surface area contributed by atoms with Crippen molar-refractivity contribution in [1.82, 2.24) is 14.9 Å². The van der Waals surface area contributed by atoms with Gasteiger partial charge in [-0.1, -0.05) is 12.1 Å². The number of hydrogen-bond donors (Lipinski definition) is 3. The van der Waals surface area contributed by atoms with E-state index in [0.29, 0.717) is 28.9 Å². The molecule has 13 heteroatoms. The number of primary amides is 1. The fourth-order valence-electron chi connectivity index (χ4n) is 2.85. The van der Waals surface area contributed by atoms with Crippen LogP contribution < -0.4 is 16.4 Å². The zero-order valence-corrected chi connectivity index (χ0v) is 19.4. The lowest BCUT2D eigenvalue weighted by atomic mass is 10.1. The third-order valence-electron chi connectivity index (χ3n) is 4.43. The van der Waals surface area contributed by atoms with E-state index >= 15 is 0 Å². The number of alkyl halides is 3. The van der Waals surface area contributed by atoms with Crippen LogP contribution in [0.3, 0.4) is 0 Å². The van der Waals surface area contributed by atoms with Crippen molar-refractivity contribution in [2.24, 2.45) is 10.7 Å². The number of hydrogen-bond acceptors (Lipinski definition) is 4. The summed E-state index contributed by atoms with van der Waals surface area (Å²) in [6.07, 6.45) is 0.458. The van der Waals surface area contributed by atoms with E-state index < -0.39 is 21.4 Å². The number of carbonyl (C=O) groups excluding carboxylic acids is 1. The van der Waals surface area contributed by atoms with Crippen molar-refractivity contribution in [3.8, 4) is 0 Å². The van der Waals surface area contributed by atoms with Crippen molar-refractivity contribution in [3.63, 3.8) is 0 Å². The maximum Gasteiger partial charge on any atom is 0.511 e. The number of amides is 1. The zero-order valence-electron chi connectivity index (χ0n) is 16.3. The highest BCUT2D eigenvalue weighted by molar-refractivity contribution is 14.0. The normalized spacial score (nSPS) is 16.6. The van der Waals surface area contributed by atoms with Crippen LogP contribution in [0.4, 0.5) is 13.2 Å². The number of aliphatic imine (C=N–C) groups is 1. The second-order valence-electron chi connectivity index (χ2n) is 6.52. The van der Waals surface area contributed by atoms with Gasteiger partial charge in [0, 0.05) is 31.2 Å². The standard InChI is InChI=1S/C17H24F3N5O3S.HI/c1-2-22-16(23-11-12-3-5-13(6-4-12)15(21)26)24-14-7-9-25(10-8-14)29(27,28)17(18,19)20;/h3-6,14H,2,7-11H2,1H3,(H2,21,26)(H2,22,23,24);1H. The molecule has 30 heavy (non-hydrogen) atoms. The Morgan fingerprint density at radius 2 is 1.80 bits per heavy atom. The molecule has 1 aliphatic heterocycles. The van der Waals surface area contributed by atoms with Gasteiger partial charge in [0.1, 0.15) is 0 Å². The first-order valence-corrected chi connectivity index (χ1v) is 10.5. The van der Waals surface area contributed by atoms with E-state index in [1.54, 1.807) is 24.3 Å². The van der Waals surface area contributed by atoms with E-state index in [1.807, 2.05) is 6.92 Å². The van der Waals surface area contributed by atoms with Crippen LogP contribution in [0.15, 0.2) is 29.3 Å². The van der Waals surface area contributed by atoms with Gasteiger partial charge >= 0.3 is 15.5 Å². The van der Waals surface area contributed by atoms with E-state index in [2.05, 4.69) is 15.6 Å². The molecule has 1 amide bonds. The van der Waals surface area contributed by atoms with E-state index in [4.69, 9.17) is 5.73 Å². The molecule has 0 radical (unpaired) electrons. The Hall–Kier alpha value is -1.61. The highest BCUT2D eigenvalue weighted by Gasteiger charge is 2.50. The summed E-state index contributed by atoms with van der Waals surface area (Å²) >= 11 is 0. The van der Waals surface area contributed by atoms with Crippen LogP contribution >= 0.6 is 24.0 Å². The van der Waals surface area contributed by atoms with Crippen LogP contribution in [0, 0.1) is 0 Å². The topological polar surface area (TPSA) is 117 Å². The molecule has 2 rings (SSSR count). The molecule has 1 aromatic rings. The lowest BCUT2D eigenvalue weighted by Crippen LogP contribution is -2.51. The minimum atomic E-state index is -5.29. The van der Waals surface area contributed by atoms with Crippen LogP contribution in [0.25, 0.3) is 0 Å². The summed E-state index contributed by atoms with van der Waals surface area (Å²) in [7, 11) is -5.29. The number of carbonyl (C=O) groups is 1. The molecule has 1 heterocycles. The largest absolute Gasteiger partial charge is 0.511 e. The van der Waals surface area contributed by atoms with Crippen LogP contribution in [0.1, 0.15) is 35.7 Å². The number of nitrogens with one attached hydrogen (secondary N) is 2. The molecule has 1 aromatic carbocycles. The first kappa shape index (κ1) is 26.4. The fraction of sp³-hybridized carbons (Fsp3) is 0.529. The van der Waals surface area contributed by atoms with E-state index in [0.717, 1.165) is 5.56 Å². The third kappa shape index (κ3) is 6.97. The molecule has 0 bridgehead atoms. The summed E-state index contributed by atoms with van der Waals surface area (Å²) in [6.45, 7) is 2.34. The molecule has 170 valence electrons. The summed E-state index contributed by atoms with van der Waals surface area (Å²) in [4.78, 5) is 15.5. The predicted octanol–water partition coefficient (Wildman–Crippen LogP) is 1.77. The molecular formula is C17H25F3IN5O3S. The monoisotopic (exact) mass is 563 g/mol. The molecule has 1 saturated heterocycles. The second-order valence-corrected chi connectivity index (χ2v) is 8.45.